The van der Waals surface area contributed by atoms with Crippen LogP contribution in [0.5, 0.6) is 0 Å². The van der Waals surface area contributed by atoms with Gasteiger partial charge in [0.05, 0.1) is 27.2 Å². The quantitative estimate of drug-likeness (QED) is 0.112. The van der Waals surface area contributed by atoms with Gasteiger partial charge in [0, 0.05) is 69.8 Å². The smallest absolute Gasteiger partial charge is 0.171 e. The van der Waals surface area contributed by atoms with Crippen LogP contribution in [-0.2, 0) is 0 Å². The van der Waals surface area contributed by atoms with Gasteiger partial charge in [-0.3, -0.25) is 0 Å². The molecule has 7 aromatic carbocycles. The van der Waals surface area contributed by atoms with Gasteiger partial charge in [0.25, 0.3) is 0 Å². The number of halogens is 4. The molecule has 91 heavy (non-hydrogen) atoms. The number of rotatable bonds is 6. The van der Waals surface area contributed by atoms with Gasteiger partial charge >= 0.3 is 0 Å². The Labute approximate surface area is 534 Å². The molecule has 7 rings (SSSR count). The van der Waals surface area contributed by atoms with Crippen molar-refractivity contribution in [3.05, 3.63) is 226 Å². The fourth-order valence-electron chi connectivity index (χ4n) is 8.14. The lowest BCUT2D eigenvalue weighted by molar-refractivity contribution is 0.434. The summed E-state index contributed by atoms with van der Waals surface area (Å²) in [6.07, 6.45) is 0. The van der Waals surface area contributed by atoms with Crippen molar-refractivity contribution in [2.24, 2.45) is 0 Å². The molecule has 0 N–H and O–H groups in total. The largest absolute Gasteiger partial charge is 0.378 e. The van der Waals surface area contributed by atoms with Crippen molar-refractivity contribution in [1.82, 2.24) is 0 Å². The van der Waals surface area contributed by atoms with E-state index >= 15 is 0 Å². The van der Waals surface area contributed by atoms with Crippen molar-refractivity contribution >= 4 is 50.5 Å². The van der Waals surface area contributed by atoms with Crippen LogP contribution < -0.4 is 46.0 Å². The zero-order valence-electron chi connectivity index (χ0n) is 55.1. The Kier molecular flexibility index (Phi) is 36.1. The number of nitriles is 9. The van der Waals surface area contributed by atoms with E-state index in [9.17, 15) is 33.3 Å². The van der Waals surface area contributed by atoms with E-state index < -0.39 is 44.9 Å². The maximum Gasteiger partial charge on any atom is 0.171 e. The minimum atomic E-state index is -1.92. The summed E-state index contributed by atoms with van der Waals surface area (Å²) in [5.74, 6) is -7.56. The molecular weight excluding hydrogens is 1140 g/mol. The molecule has 0 amide bonds. The van der Waals surface area contributed by atoms with Gasteiger partial charge < -0.3 is 14.7 Å². The summed E-state index contributed by atoms with van der Waals surface area (Å²) in [5.41, 5.74) is 5.92. The van der Waals surface area contributed by atoms with E-state index in [0.29, 0.717) is 21.6 Å². The third-order valence-corrected chi connectivity index (χ3v) is 12.6. The van der Waals surface area contributed by atoms with Crippen LogP contribution in [0.25, 0.3) is 33.4 Å². The fourth-order valence-corrected chi connectivity index (χ4v) is 8.14. The minimum absolute atomic E-state index is 0.0391. The van der Waals surface area contributed by atoms with Crippen LogP contribution in [-0.4, -0.2) is 42.3 Å². The molecule has 0 saturated carbocycles. The summed E-state index contributed by atoms with van der Waals surface area (Å²) in [6.45, 7) is 23.7. The molecule has 464 valence electrons. The van der Waals surface area contributed by atoms with Crippen LogP contribution >= 0.6 is 0 Å². The average molecular weight is 1220 g/mol. The Morgan fingerprint density at radius 1 is 0.297 bits per heavy atom. The minimum Gasteiger partial charge on any atom is -0.378 e. The molecule has 0 heterocycles. The Bertz CT molecular complexity index is 4420. The molecular formula is C75H76F4N12. The summed E-state index contributed by atoms with van der Waals surface area (Å²) in [5, 5.41) is 84.6. The van der Waals surface area contributed by atoms with Crippen LogP contribution in [0.3, 0.4) is 0 Å². The summed E-state index contributed by atoms with van der Waals surface area (Å²) < 4.78 is 57.5. The molecule has 0 unspecified atom stereocenters. The molecule has 16 heteroatoms. The third kappa shape index (κ3) is 20.7. The zero-order chi connectivity index (χ0) is 69.7. The summed E-state index contributed by atoms with van der Waals surface area (Å²) in [6, 6.07) is 56.5. The van der Waals surface area contributed by atoms with Gasteiger partial charge in [-0.05, 0) is 111 Å². The van der Waals surface area contributed by atoms with Gasteiger partial charge in [-0.2, -0.15) is 47.4 Å². The van der Waals surface area contributed by atoms with E-state index in [0.717, 1.165) is 60.2 Å². The Morgan fingerprint density at radius 2 is 0.571 bits per heavy atom. The first kappa shape index (κ1) is 79.3. The molecule has 0 spiro atoms. The van der Waals surface area contributed by atoms with Crippen LogP contribution in [0.2, 0.25) is 0 Å². The summed E-state index contributed by atoms with van der Waals surface area (Å²) in [7, 11) is 11.4. The first-order chi connectivity index (χ1) is 43.8. The lowest BCUT2D eigenvalue weighted by Crippen LogP contribution is -2.31. The average Bonchev–Trinajstić information content (AvgIpc) is 0.869. The highest BCUT2D eigenvalue weighted by Gasteiger charge is 2.23. The van der Waals surface area contributed by atoms with Crippen molar-refractivity contribution in [1.29, 1.82) is 47.4 Å². The molecule has 0 aliphatic heterocycles. The van der Waals surface area contributed by atoms with Crippen molar-refractivity contribution in [3.63, 3.8) is 0 Å². The predicted molar refractivity (Wildman–Crippen MR) is 358 cm³/mol. The Balaban J connectivity index is 0.00000125. The Hall–Kier alpha value is -11.7. The van der Waals surface area contributed by atoms with Crippen LogP contribution in [0.15, 0.2) is 133 Å². The van der Waals surface area contributed by atoms with Gasteiger partial charge in [-0.15, -0.1) is 0 Å². The van der Waals surface area contributed by atoms with E-state index in [1.165, 1.54) is 24.3 Å². The topological polar surface area (TPSA) is 224 Å². The van der Waals surface area contributed by atoms with Crippen molar-refractivity contribution < 1.29 is 17.6 Å². The number of aryl methyl sites for hydroxylation is 2. The number of nitrogens with zero attached hydrogens (tertiary/aromatic N) is 12. The lowest BCUT2D eigenvalue weighted by Gasteiger charge is -2.12. The van der Waals surface area contributed by atoms with Gasteiger partial charge in [-0.1, -0.05) is 154 Å². The predicted octanol–water partition coefficient (Wildman–Crippen LogP) is 12.6. The van der Waals surface area contributed by atoms with E-state index in [2.05, 4.69) is 12.1 Å². The maximum atomic E-state index is 14.5. The molecule has 0 aliphatic rings. The van der Waals surface area contributed by atoms with Gasteiger partial charge in [0.15, 0.2) is 23.3 Å². The second-order valence-corrected chi connectivity index (χ2v) is 18.2. The molecule has 0 radical (unpaired) electrons. The number of benzene rings is 7. The lowest BCUT2D eigenvalue weighted by atomic mass is 9.97. The highest BCUT2D eigenvalue weighted by Crippen LogP contribution is 2.20. The van der Waals surface area contributed by atoms with Crippen LogP contribution in [0, 0.1) is 150 Å². The second kappa shape index (κ2) is 41.4. The molecule has 0 aromatic heterocycles. The number of anilines is 3. The molecule has 0 atom stereocenters. The third-order valence-electron chi connectivity index (χ3n) is 12.6. The highest BCUT2D eigenvalue weighted by molar-refractivity contribution is 5.81. The summed E-state index contributed by atoms with van der Waals surface area (Å²) >= 11 is 0. The fraction of sp³-hybridized carbons (Fsp3) is 0.240. The normalized spacial score (nSPS) is 9.29. The zero-order valence-corrected chi connectivity index (χ0v) is 55.1. The van der Waals surface area contributed by atoms with Gasteiger partial charge in [0.2, 0.25) is 0 Å². The Morgan fingerprint density at radius 3 is 0.879 bits per heavy atom. The number of hydrogen-bond acceptors (Lipinski definition) is 12. The molecule has 0 bridgehead atoms. The molecule has 0 saturated heterocycles. The van der Waals surface area contributed by atoms with Gasteiger partial charge in [-0.25, -0.2) is 17.6 Å². The first-order valence-electron chi connectivity index (χ1n) is 29.1. The molecule has 7 aromatic rings. The van der Waals surface area contributed by atoms with E-state index in [1.54, 1.807) is 55.4 Å². The molecule has 12 nitrogen and oxygen atoms in total. The van der Waals surface area contributed by atoms with E-state index in [1.807, 2.05) is 236 Å². The summed E-state index contributed by atoms with van der Waals surface area (Å²) in [4.78, 5) is 5.76. The standard InChI is InChI=1S/C25H18N4.C21H18N4.C19H10F4N4.5C2H6/c1-29(2)24-13-11-22(12-14-24)25(17-28)21-9-7-19(8-10-21)18-3-5-20(6-4-18)23(15-26)16-27;1-14-10-20(15(2)9-19(14)17(11-22)12-23)21(13-24)16-5-7-18(8-6-16)25(3)4;1-27(2)12-5-3-10(4-6-12)13(9-26)15-18(22)16(20)14(11(7-24)8-25)17(21)19(15)23;5*1-2/h3-14H,1-2H3;5-10H,1-4H3;3-6H,1-2H3;5*1-2H3/b;21-20+;;;;;;. The van der Waals surface area contributed by atoms with Crippen molar-refractivity contribution in [2.75, 3.05) is 57.0 Å². The molecule has 0 aliphatic carbocycles. The number of hydrogen-bond donors (Lipinski definition) is 0. The second-order valence-electron chi connectivity index (χ2n) is 18.2. The molecule has 0 fully saturated rings. The van der Waals surface area contributed by atoms with E-state index in [-0.39, 0.29) is 16.7 Å². The highest BCUT2D eigenvalue weighted by atomic mass is 19.2. The van der Waals surface area contributed by atoms with Crippen molar-refractivity contribution in [2.45, 2.75) is 83.1 Å². The van der Waals surface area contributed by atoms with Crippen molar-refractivity contribution in [3.8, 4) is 54.6 Å². The van der Waals surface area contributed by atoms with E-state index in [4.69, 9.17) is 31.6 Å². The van der Waals surface area contributed by atoms with Gasteiger partial charge in [0.1, 0.15) is 71.3 Å². The first-order valence-corrected chi connectivity index (χ1v) is 29.1. The van der Waals surface area contributed by atoms with Crippen LogP contribution in [0.1, 0.15) is 97.1 Å². The maximum absolute atomic E-state index is 14.5. The SMILES string of the molecule is CC.CC.CC.CC.CC.CN(C)c1ccc(C(C#N)=c2c(F)c(F)c(=C(C#N)C#N)c(F)c2F)cc1.CN(C)c1ccc(C(C#N)=c2ccc(=c3ccc(=C(C#N)C#N)cc3)cc2)cc1.Cc1c/c(=C(/C#N)c2ccc(N(C)C)cc2)c(C)cc1=C(C#N)C#N. The monoisotopic (exact) mass is 1220 g/mol. The van der Waals surface area contributed by atoms with Crippen LogP contribution in [0.4, 0.5) is 34.6 Å².